The van der Waals surface area contributed by atoms with Crippen LogP contribution in [0.5, 0.6) is 5.75 Å². The largest absolute Gasteiger partial charge is 0.508 e. The van der Waals surface area contributed by atoms with E-state index in [1.54, 1.807) is 31.2 Å². The number of Topliss-reactive ketones (excluding diaryl/α,β-unsaturated/α-hetero) is 1. The number of para-hydroxylation sites is 1. The van der Waals surface area contributed by atoms with Gasteiger partial charge in [-0.25, -0.2) is 0 Å². The molecule has 1 aromatic rings. The summed E-state index contributed by atoms with van der Waals surface area (Å²) in [6.07, 6.45) is 3.37. The number of hydrogen-bond donors (Lipinski definition) is 3. The van der Waals surface area contributed by atoms with E-state index in [4.69, 9.17) is 11.5 Å². The van der Waals surface area contributed by atoms with Crippen molar-refractivity contribution in [3.8, 4) is 5.75 Å². The Morgan fingerprint density at radius 1 is 1.32 bits per heavy atom. The van der Waals surface area contributed by atoms with Crippen molar-refractivity contribution < 1.29 is 9.90 Å². The highest BCUT2D eigenvalue weighted by Gasteiger charge is 2.33. The van der Waals surface area contributed by atoms with Gasteiger partial charge in [-0.15, -0.1) is 0 Å². The summed E-state index contributed by atoms with van der Waals surface area (Å²) in [7, 11) is 0. The highest BCUT2D eigenvalue weighted by atomic mass is 16.3. The topological polar surface area (TPSA) is 89.3 Å². The van der Waals surface area contributed by atoms with Crippen LogP contribution in [0.4, 0.5) is 0 Å². The second-order valence-electron chi connectivity index (χ2n) is 5.14. The third-order valence-corrected chi connectivity index (χ3v) is 3.45. The van der Waals surface area contributed by atoms with Crippen molar-refractivity contribution in [1.29, 1.82) is 0 Å². The van der Waals surface area contributed by atoms with Crippen LogP contribution in [0.1, 0.15) is 51.0 Å². The highest BCUT2D eigenvalue weighted by Crippen LogP contribution is 2.28. The number of carbonyl (C=O) groups is 1. The predicted molar refractivity (Wildman–Crippen MR) is 76.8 cm³/mol. The van der Waals surface area contributed by atoms with Gasteiger partial charge in [-0.2, -0.15) is 0 Å². The Labute approximate surface area is 114 Å². The van der Waals surface area contributed by atoms with Crippen molar-refractivity contribution >= 4 is 5.78 Å². The van der Waals surface area contributed by atoms with Crippen LogP contribution in [0, 0.1) is 0 Å². The summed E-state index contributed by atoms with van der Waals surface area (Å²) in [5.41, 5.74) is 11.1. The van der Waals surface area contributed by atoms with Crippen molar-refractivity contribution in [3.05, 3.63) is 29.8 Å². The maximum atomic E-state index is 12.4. The Morgan fingerprint density at radius 3 is 2.53 bits per heavy atom. The number of hydrogen-bond acceptors (Lipinski definition) is 4. The second-order valence-corrected chi connectivity index (χ2v) is 5.14. The molecule has 0 bridgehead atoms. The molecule has 1 atom stereocenters. The molecule has 0 aliphatic rings. The third-order valence-electron chi connectivity index (χ3n) is 3.45. The Balaban J connectivity index is 2.79. The molecule has 0 radical (unpaired) electrons. The number of phenols is 1. The molecule has 0 saturated heterocycles. The monoisotopic (exact) mass is 264 g/mol. The van der Waals surface area contributed by atoms with E-state index in [0.717, 1.165) is 19.3 Å². The highest BCUT2D eigenvalue weighted by molar-refractivity contribution is 5.93. The smallest absolute Gasteiger partial charge is 0.174 e. The molecule has 1 unspecified atom stereocenters. The van der Waals surface area contributed by atoms with Gasteiger partial charge in [-0.3, -0.25) is 4.79 Å². The van der Waals surface area contributed by atoms with Gasteiger partial charge in [0.05, 0.1) is 0 Å². The number of carbonyl (C=O) groups excluding carboxylic acids is 1. The Morgan fingerprint density at radius 2 is 1.95 bits per heavy atom. The molecule has 0 saturated carbocycles. The van der Waals surface area contributed by atoms with E-state index in [0.29, 0.717) is 12.0 Å². The summed E-state index contributed by atoms with van der Waals surface area (Å²) in [6.45, 7) is 3.81. The third kappa shape index (κ3) is 4.04. The zero-order chi connectivity index (χ0) is 14.5. The average molecular weight is 264 g/mol. The van der Waals surface area contributed by atoms with E-state index < -0.39 is 11.6 Å². The maximum Gasteiger partial charge on any atom is 0.174 e. The number of benzene rings is 1. The van der Waals surface area contributed by atoms with Gasteiger partial charge in [-0.05, 0) is 18.9 Å². The molecule has 5 N–H and O–H groups in total. The van der Waals surface area contributed by atoms with Crippen LogP contribution in [-0.2, 0) is 4.79 Å². The normalized spacial score (nSPS) is 13.3. The minimum absolute atomic E-state index is 0.104. The maximum absolute atomic E-state index is 12.4. The summed E-state index contributed by atoms with van der Waals surface area (Å²) in [5.74, 6) is -0.629. The number of aromatic hydroxyl groups is 1. The van der Waals surface area contributed by atoms with Gasteiger partial charge < -0.3 is 16.6 Å². The van der Waals surface area contributed by atoms with Crippen molar-refractivity contribution in [2.75, 3.05) is 0 Å². The van der Waals surface area contributed by atoms with Gasteiger partial charge in [0.25, 0.3) is 0 Å². The fraction of sp³-hybridized carbons (Fsp3) is 0.533. The predicted octanol–water partition coefficient (Wildman–Crippen LogP) is 2.26. The van der Waals surface area contributed by atoms with E-state index in [1.807, 2.05) is 0 Å². The lowest BCUT2D eigenvalue weighted by Crippen LogP contribution is -2.57. The minimum atomic E-state index is -1.32. The first-order valence-electron chi connectivity index (χ1n) is 6.80. The van der Waals surface area contributed by atoms with Crippen molar-refractivity contribution in [3.63, 3.8) is 0 Å². The zero-order valence-electron chi connectivity index (χ0n) is 11.7. The number of nitrogens with two attached hydrogens (primary N) is 2. The summed E-state index contributed by atoms with van der Waals surface area (Å²) in [4.78, 5) is 12.4. The number of rotatable bonds is 7. The SMILES string of the molecule is CCCCCC(N)(N)C(=O)C(C)c1ccccc1O. The van der Waals surface area contributed by atoms with Gasteiger partial charge in [0, 0.05) is 11.5 Å². The zero-order valence-corrected chi connectivity index (χ0v) is 11.7. The van der Waals surface area contributed by atoms with Crippen LogP contribution >= 0.6 is 0 Å². The first-order chi connectivity index (χ1) is 8.90. The first-order valence-corrected chi connectivity index (χ1v) is 6.80. The molecule has 1 rings (SSSR count). The van der Waals surface area contributed by atoms with Crippen LogP contribution < -0.4 is 11.5 Å². The van der Waals surface area contributed by atoms with Gasteiger partial charge in [0.15, 0.2) is 5.78 Å². The van der Waals surface area contributed by atoms with E-state index in [2.05, 4.69) is 6.92 Å². The Bertz CT molecular complexity index is 430. The van der Waals surface area contributed by atoms with Crippen LogP contribution in [0.25, 0.3) is 0 Å². The van der Waals surface area contributed by atoms with E-state index in [1.165, 1.54) is 0 Å². The second kappa shape index (κ2) is 6.68. The average Bonchev–Trinajstić information content (AvgIpc) is 2.38. The van der Waals surface area contributed by atoms with Gasteiger partial charge in [0.2, 0.25) is 0 Å². The minimum Gasteiger partial charge on any atom is -0.508 e. The molecule has 19 heavy (non-hydrogen) atoms. The molecule has 4 heteroatoms. The van der Waals surface area contributed by atoms with Gasteiger partial charge in [0.1, 0.15) is 11.4 Å². The molecule has 0 aliphatic carbocycles. The van der Waals surface area contributed by atoms with Crippen LogP contribution in [0.3, 0.4) is 0 Å². The molecule has 0 amide bonds. The van der Waals surface area contributed by atoms with E-state index in [-0.39, 0.29) is 11.5 Å². The lowest BCUT2D eigenvalue weighted by Gasteiger charge is -2.26. The summed E-state index contributed by atoms with van der Waals surface area (Å²) >= 11 is 0. The Hall–Kier alpha value is -1.39. The summed E-state index contributed by atoms with van der Waals surface area (Å²) < 4.78 is 0. The van der Waals surface area contributed by atoms with Crippen LogP contribution in [0.2, 0.25) is 0 Å². The van der Waals surface area contributed by atoms with Gasteiger partial charge >= 0.3 is 0 Å². The summed E-state index contributed by atoms with van der Waals surface area (Å²) in [6, 6.07) is 6.78. The van der Waals surface area contributed by atoms with E-state index >= 15 is 0 Å². The molecule has 0 aliphatic heterocycles. The standard InChI is InChI=1S/C15H24N2O2/c1-3-4-7-10-15(16,17)14(19)11(2)12-8-5-6-9-13(12)18/h5-6,8-9,11,18H,3-4,7,10,16-17H2,1-2H3. The lowest BCUT2D eigenvalue weighted by atomic mass is 9.86. The van der Waals surface area contributed by atoms with Crippen molar-refractivity contribution in [1.82, 2.24) is 0 Å². The molecule has 4 nitrogen and oxygen atoms in total. The first kappa shape index (κ1) is 15.7. The van der Waals surface area contributed by atoms with Crippen molar-refractivity contribution in [2.45, 2.75) is 51.1 Å². The van der Waals surface area contributed by atoms with Crippen LogP contribution in [0.15, 0.2) is 24.3 Å². The van der Waals surface area contributed by atoms with Gasteiger partial charge in [-0.1, -0.05) is 44.9 Å². The number of ketones is 1. The molecule has 0 heterocycles. The molecule has 0 aromatic heterocycles. The van der Waals surface area contributed by atoms with Crippen molar-refractivity contribution in [2.24, 2.45) is 11.5 Å². The Kier molecular flexibility index (Phi) is 5.51. The quantitative estimate of drug-likeness (QED) is 0.520. The fourth-order valence-electron chi connectivity index (χ4n) is 2.19. The molecule has 0 fully saturated rings. The molecular weight excluding hydrogens is 240 g/mol. The van der Waals surface area contributed by atoms with Crippen LogP contribution in [-0.4, -0.2) is 16.6 Å². The number of unbranched alkanes of at least 4 members (excludes halogenated alkanes) is 2. The molecular formula is C15H24N2O2. The molecule has 1 aromatic carbocycles. The molecule has 0 spiro atoms. The fourth-order valence-corrected chi connectivity index (χ4v) is 2.19. The van der Waals surface area contributed by atoms with E-state index in [9.17, 15) is 9.90 Å². The lowest BCUT2D eigenvalue weighted by molar-refractivity contribution is -0.125. The summed E-state index contributed by atoms with van der Waals surface area (Å²) in [5, 5.41) is 9.78. The molecule has 106 valence electrons. The number of phenolic OH excluding ortho intramolecular Hbond substituents is 1.